The third-order valence-corrected chi connectivity index (χ3v) is 4.23. The van der Waals surface area contributed by atoms with E-state index in [0.717, 1.165) is 12.8 Å². The van der Waals surface area contributed by atoms with Gasteiger partial charge in [-0.3, -0.25) is 9.35 Å². The Balaban J connectivity index is 2.01. The van der Waals surface area contributed by atoms with Gasteiger partial charge in [-0.25, -0.2) is 0 Å². The Morgan fingerprint density at radius 1 is 1.00 bits per heavy atom. The summed E-state index contributed by atoms with van der Waals surface area (Å²) in [5.41, 5.74) is 1.55. The molecule has 0 unspecified atom stereocenters. The number of unbranched alkanes of at least 4 members (excludes halogenated alkanes) is 1. The number of carbonyl (C=O) groups is 1. The third kappa shape index (κ3) is 5.77. The highest BCUT2D eigenvalue weighted by atomic mass is 32.2. The zero-order valence-corrected chi connectivity index (χ0v) is 14.5. The minimum atomic E-state index is -4.22. The van der Waals surface area contributed by atoms with E-state index < -0.39 is 10.1 Å². The van der Waals surface area contributed by atoms with Crippen molar-refractivity contribution in [3.63, 3.8) is 0 Å². The molecule has 2 aromatic rings. The highest BCUT2D eigenvalue weighted by molar-refractivity contribution is 7.85. The lowest BCUT2D eigenvalue weighted by Crippen LogP contribution is -2.24. The van der Waals surface area contributed by atoms with Crippen molar-refractivity contribution < 1.29 is 17.8 Å². The van der Waals surface area contributed by atoms with Gasteiger partial charge in [0.2, 0.25) is 0 Å². The van der Waals surface area contributed by atoms with Crippen molar-refractivity contribution in [3.05, 3.63) is 54.1 Å². The molecule has 0 aromatic heterocycles. The Hall–Kier alpha value is -2.58. The maximum atomic E-state index is 11.9. The highest BCUT2D eigenvalue weighted by Crippen LogP contribution is 2.20. The summed E-state index contributed by atoms with van der Waals surface area (Å²) >= 11 is 0. The molecule has 0 atom stereocenters. The first kappa shape index (κ1) is 18.8. The van der Waals surface area contributed by atoms with E-state index in [-0.39, 0.29) is 10.8 Å². The van der Waals surface area contributed by atoms with Crippen LogP contribution in [0.25, 0.3) is 0 Å². The Bertz CT molecular complexity index is 844. The number of nitrogens with zero attached hydrogens (tertiary/aromatic N) is 2. The summed E-state index contributed by atoms with van der Waals surface area (Å²) in [6, 6.07) is 12.0. The molecular formula is C17H19N3O4S. The largest absolute Gasteiger partial charge is 0.352 e. The molecule has 8 heteroatoms. The monoisotopic (exact) mass is 361 g/mol. The van der Waals surface area contributed by atoms with Gasteiger partial charge in [0.25, 0.3) is 16.0 Å². The van der Waals surface area contributed by atoms with E-state index in [0.29, 0.717) is 23.5 Å². The molecule has 7 nitrogen and oxygen atoms in total. The maximum Gasteiger partial charge on any atom is 0.294 e. The molecule has 0 radical (unpaired) electrons. The molecule has 2 N–H and O–H groups in total. The summed E-state index contributed by atoms with van der Waals surface area (Å²) in [6.45, 7) is 2.71. The van der Waals surface area contributed by atoms with E-state index in [1.54, 1.807) is 24.3 Å². The van der Waals surface area contributed by atoms with Gasteiger partial charge in [-0.2, -0.15) is 18.6 Å². The first-order chi connectivity index (χ1) is 11.9. The fraction of sp³-hybridized carbons (Fsp3) is 0.235. The average Bonchev–Trinajstić information content (AvgIpc) is 2.60. The molecule has 0 fully saturated rings. The summed E-state index contributed by atoms with van der Waals surface area (Å²) in [5, 5.41) is 10.8. The van der Waals surface area contributed by atoms with Crippen LogP contribution in [-0.4, -0.2) is 25.4 Å². The van der Waals surface area contributed by atoms with Gasteiger partial charge in [0, 0.05) is 12.1 Å². The average molecular weight is 361 g/mol. The molecule has 0 saturated heterocycles. The van der Waals surface area contributed by atoms with Crippen molar-refractivity contribution in [2.45, 2.75) is 24.7 Å². The lowest BCUT2D eigenvalue weighted by molar-refractivity contribution is 0.0953. The van der Waals surface area contributed by atoms with E-state index in [9.17, 15) is 13.2 Å². The molecule has 0 aliphatic carbocycles. The maximum absolute atomic E-state index is 11.9. The predicted octanol–water partition coefficient (Wildman–Crippen LogP) is 3.88. The number of carbonyl (C=O) groups excluding carboxylic acids is 1. The van der Waals surface area contributed by atoms with Crippen LogP contribution in [0.1, 0.15) is 30.1 Å². The van der Waals surface area contributed by atoms with E-state index in [4.69, 9.17) is 4.55 Å². The summed E-state index contributed by atoms with van der Waals surface area (Å²) in [6.07, 6.45) is 1.96. The van der Waals surface area contributed by atoms with Crippen molar-refractivity contribution in [1.82, 2.24) is 5.32 Å². The van der Waals surface area contributed by atoms with Gasteiger partial charge in [0.15, 0.2) is 0 Å². The molecule has 0 heterocycles. The van der Waals surface area contributed by atoms with E-state index in [2.05, 4.69) is 22.5 Å². The molecule has 1 amide bonds. The second-order valence-corrected chi connectivity index (χ2v) is 6.75. The van der Waals surface area contributed by atoms with Crippen LogP contribution in [0.3, 0.4) is 0 Å². The number of amides is 1. The number of hydrogen-bond donors (Lipinski definition) is 2. The van der Waals surface area contributed by atoms with Crippen molar-refractivity contribution >= 4 is 27.4 Å². The fourth-order valence-corrected chi connectivity index (χ4v) is 2.44. The third-order valence-electron chi connectivity index (χ3n) is 3.36. The molecular weight excluding hydrogens is 342 g/mol. The second-order valence-electron chi connectivity index (χ2n) is 5.33. The van der Waals surface area contributed by atoms with Crippen LogP contribution in [0.5, 0.6) is 0 Å². The van der Waals surface area contributed by atoms with Crippen LogP contribution in [0.2, 0.25) is 0 Å². The number of benzene rings is 2. The molecule has 0 aliphatic heterocycles. The molecule has 2 rings (SSSR count). The fourth-order valence-electron chi connectivity index (χ4n) is 1.96. The number of nitrogens with one attached hydrogen (secondary N) is 1. The Labute approximate surface area is 146 Å². The smallest absolute Gasteiger partial charge is 0.294 e. The first-order valence-electron chi connectivity index (χ1n) is 7.77. The van der Waals surface area contributed by atoms with Crippen molar-refractivity contribution in [3.8, 4) is 0 Å². The van der Waals surface area contributed by atoms with Gasteiger partial charge in [-0.1, -0.05) is 13.3 Å². The predicted molar refractivity (Wildman–Crippen MR) is 94.1 cm³/mol. The van der Waals surface area contributed by atoms with Gasteiger partial charge in [-0.05, 0) is 55.0 Å². The summed E-state index contributed by atoms with van der Waals surface area (Å²) in [5.74, 6) is -0.127. The van der Waals surface area contributed by atoms with Gasteiger partial charge in [0.05, 0.1) is 16.3 Å². The van der Waals surface area contributed by atoms with Gasteiger partial charge >= 0.3 is 0 Å². The molecule has 2 aromatic carbocycles. The quantitative estimate of drug-likeness (QED) is 0.443. The molecule has 132 valence electrons. The molecule has 0 saturated carbocycles. The van der Waals surface area contributed by atoms with Crippen LogP contribution >= 0.6 is 0 Å². The molecule has 0 aliphatic rings. The number of rotatable bonds is 7. The highest BCUT2D eigenvalue weighted by Gasteiger charge is 2.08. The van der Waals surface area contributed by atoms with Gasteiger partial charge in [0.1, 0.15) is 0 Å². The second kappa shape index (κ2) is 8.50. The lowest BCUT2D eigenvalue weighted by Gasteiger charge is -2.04. The van der Waals surface area contributed by atoms with Gasteiger partial charge < -0.3 is 5.32 Å². The van der Waals surface area contributed by atoms with E-state index in [1.165, 1.54) is 24.3 Å². The SMILES string of the molecule is CCCCNC(=O)c1ccc(N=Nc2ccc(S(=O)(=O)O)cc2)cc1. The summed E-state index contributed by atoms with van der Waals surface area (Å²) in [7, 11) is -4.22. The molecule has 0 bridgehead atoms. The van der Waals surface area contributed by atoms with Gasteiger partial charge in [-0.15, -0.1) is 0 Å². The minimum absolute atomic E-state index is 0.127. The van der Waals surface area contributed by atoms with Crippen molar-refractivity contribution in [1.29, 1.82) is 0 Å². The Morgan fingerprint density at radius 2 is 1.52 bits per heavy atom. The van der Waals surface area contributed by atoms with Crippen molar-refractivity contribution in [2.75, 3.05) is 6.54 Å². The first-order valence-corrected chi connectivity index (χ1v) is 9.21. The summed E-state index contributed by atoms with van der Waals surface area (Å²) in [4.78, 5) is 11.7. The van der Waals surface area contributed by atoms with Crippen LogP contribution < -0.4 is 5.32 Å². The summed E-state index contributed by atoms with van der Waals surface area (Å²) < 4.78 is 30.8. The van der Waals surface area contributed by atoms with Crippen molar-refractivity contribution in [2.24, 2.45) is 10.2 Å². The molecule has 25 heavy (non-hydrogen) atoms. The van der Waals surface area contributed by atoms with E-state index >= 15 is 0 Å². The number of azo groups is 1. The standard InChI is InChI=1S/C17H19N3O4S/c1-2-3-12-18-17(21)13-4-6-14(7-5-13)19-20-15-8-10-16(11-9-15)25(22,23)24/h4-11H,2-3,12H2,1H3,(H,18,21)(H,22,23,24). The normalized spacial score (nSPS) is 11.6. The van der Waals surface area contributed by atoms with E-state index in [1.807, 2.05) is 0 Å². The molecule has 0 spiro atoms. The Kier molecular flexibility index (Phi) is 6.37. The zero-order valence-electron chi connectivity index (χ0n) is 13.7. The lowest BCUT2D eigenvalue weighted by atomic mass is 10.2. The number of hydrogen-bond acceptors (Lipinski definition) is 5. The van der Waals surface area contributed by atoms with Crippen LogP contribution in [0.15, 0.2) is 63.7 Å². The van der Waals surface area contributed by atoms with Crippen LogP contribution in [0.4, 0.5) is 11.4 Å². The minimum Gasteiger partial charge on any atom is -0.352 e. The topological polar surface area (TPSA) is 108 Å². The van der Waals surface area contributed by atoms with Crippen LogP contribution in [-0.2, 0) is 10.1 Å². The zero-order chi connectivity index (χ0) is 18.3. The Morgan fingerprint density at radius 3 is 2.00 bits per heavy atom. The van der Waals surface area contributed by atoms with Crippen LogP contribution in [0, 0.1) is 0 Å².